The first-order valence-corrected chi connectivity index (χ1v) is 4.59. The van der Waals surface area contributed by atoms with Gasteiger partial charge in [0.25, 0.3) is 0 Å². The summed E-state index contributed by atoms with van der Waals surface area (Å²) >= 11 is 5.14. The van der Waals surface area contributed by atoms with Crippen LogP contribution in [0.1, 0.15) is 11.1 Å². The minimum atomic E-state index is 0.858. The van der Waals surface area contributed by atoms with Crippen molar-refractivity contribution in [3.8, 4) is 0 Å². The number of rotatable bonds is 0. The molecule has 0 fully saturated rings. The maximum Gasteiger partial charge on any atom is 0.0379 e. The predicted octanol–water partition coefficient (Wildman–Crippen LogP) is 3.49. The quantitative estimate of drug-likeness (QED) is 0.621. The van der Waals surface area contributed by atoms with Crippen LogP contribution in [-0.4, -0.2) is 4.98 Å². The third kappa shape index (κ3) is 3.85. The highest BCUT2D eigenvalue weighted by Crippen LogP contribution is 1.95. The summed E-state index contributed by atoms with van der Waals surface area (Å²) in [5.41, 5.74) is 2.30. The van der Waals surface area contributed by atoms with Gasteiger partial charge in [-0.1, -0.05) is 18.3 Å². The molecule has 0 atom stereocenters. The summed E-state index contributed by atoms with van der Waals surface area (Å²) in [5.74, 6) is 0. The van der Waals surface area contributed by atoms with E-state index in [1.54, 1.807) is 0 Å². The van der Waals surface area contributed by atoms with Crippen LogP contribution < -0.4 is 0 Å². The van der Waals surface area contributed by atoms with Crippen LogP contribution in [0.4, 0.5) is 0 Å². The summed E-state index contributed by atoms with van der Waals surface area (Å²) in [6.07, 6.45) is 3.84. The predicted molar refractivity (Wildman–Crippen MR) is 58.7 cm³/mol. The average molecular weight is 191 g/mol. The van der Waals surface area contributed by atoms with E-state index in [9.17, 15) is 0 Å². The van der Waals surface area contributed by atoms with E-state index in [0.29, 0.717) is 0 Å². The zero-order valence-corrected chi connectivity index (χ0v) is 8.69. The Kier molecular flexibility index (Phi) is 3.65. The molecule has 0 radical (unpaired) electrons. The first kappa shape index (κ1) is 9.93. The normalized spacial score (nSPS) is 9.08. The van der Waals surface area contributed by atoms with E-state index in [2.05, 4.69) is 4.98 Å². The lowest BCUT2D eigenvalue weighted by atomic mass is 10.3. The molecule has 0 unspecified atom stereocenters. The van der Waals surface area contributed by atoms with E-state index >= 15 is 0 Å². The molecule has 0 spiro atoms. The summed E-state index contributed by atoms with van der Waals surface area (Å²) in [7, 11) is 0. The zero-order chi connectivity index (χ0) is 9.68. The van der Waals surface area contributed by atoms with Crippen LogP contribution in [0.15, 0.2) is 36.7 Å². The van der Waals surface area contributed by atoms with Gasteiger partial charge in [-0.3, -0.25) is 0 Å². The molecule has 0 saturated heterocycles. The van der Waals surface area contributed by atoms with Crippen LogP contribution in [-0.2, 0) is 0 Å². The molecule has 1 N–H and O–H groups in total. The third-order valence-electron chi connectivity index (χ3n) is 1.63. The molecule has 0 bridgehead atoms. The van der Waals surface area contributed by atoms with Crippen molar-refractivity contribution < 1.29 is 0 Å². The van der Waals surface area contributed by atoms with Crippen molar-refractivity contribution in [1.29, 1.82) is 0 Å². The van der Waals surface area contributed by atoms with E-state index in [1.807, 2.05) is 50.5 Å². The highest BCUT2D eigenvalue weighted by molar-refractivity contribution is 7.71. The van der Waals surface area contributed by atoms with Gasteiger partial charge < -0.3 is 4.98 Å². The van der Waals surface area contributed by atoms with Crippen LogP contribution in [0.25, 0.3) is 0 Å². The molecule has 0 amide bonds. The first-order chi connectivity index (χ1) is 6.18. The number of nitrogens with one attached hydrogen (secondary N) is 1. The average Bonchev–Trinajstić information content (AvgIpc) is 2.08. The topological polar surface area (TPSA) is 15.8 Å². The van der Waals surface area contributed by atoms with Crippen LogP contribution in [0.3, 0.4) is 0 Å². The minimum absolute atomic E-state index is 0.858. The second-order valence-electron chi connectivity index (χ2n) is 3.01. The molecule has 0 saturated carbocycles. The van der Waals surface area contributed by atoms with E-state index in [1.165, 1.54) is 0 Å². The maximum atomic E-state index is 5.14. The zero-order valence-electron chi connectivity index (χ0n) is 7.87. The SMILES string of the molecule is Cc1ccc(=S)cc(C)cc[nH]c1. The molecule has 0 aliphatic carbocycles. The highest BCUT2D eigenvalue weighted by atomic mass is 32.1. The van der Waals surface area contributed by atoms with Gasteiger partial charge in [0.2, 0.25) is 0 Å². The Morgan fingerprint density at radius 1 is 1.08 bits per heavy atom. The largest absolute Gasteiger partial charge is 0.367 e. The van der Waals surface area contributed by atoms with Gasteiger partial charge in [-0.25, -0.2) is 0 Å². The van der Waals surface area contributed by atoms with E-state index in [0.717, 1.165) is 15.6 Å². The second kappa shape index (κ2) is 4.77. The lowest BCUT2D eigenvalue weighted by molar-refractivity contribution is 1.29. The number of aryl methyl sites for hydroxylation is 2. The molecule has 1 nitrogen and oxygen atoms in total. The van der Waals surface area contributed by atoms with Gasteiger partial charge in [-0.2, -0.15) is 0 Å². The van der Waals surface area contributed by atoms with Crippen molar-refractivity contribution in [3.63, 3.8) is 0 Å². The van der Waals surface area contributed by atoms with Crippen LogP contribution >= 0.6 is 12.2 Å². The van der Waals surface area contributed by atoms with Crippen molar-refractivity contribution >= 4 is 12.2 Å². The van der Waals surface area contributed by atoms with Crippen molar-refractivity contribution in [2.24, 2.45) is 0 Å². The first-order valence-electron chi connectivity index (χ1n) is 4.18. The summed E-state index contributed by atoms with van der Waals surface area (Å²) in [5, 5.41) is 0. The van der Waals surface area contributed by atoms with E-state index < -0.39 is 0 Å². The summed E-state index contributed by atoms with van der Waals surface area (Å²) in [6.45, 7) is 4.05. The molecule has 2 heteroatoms. The van der Waals surface area contributed by atoms with Gasteiger partial charge >= 0.3 is 0 Å². The Morgan fingerprint density at radius 3 is 2.62 bits per heavy atom. The molecule has 1 heterocycles. The molecule has 0 aliphatic rings. The van der Waals surface area contributed by atoms with Gasteiger partial charge in [0.05, 0.1) is 0 Å². The third-order valence-corrected chi connectivity index (χ3v) is 1.89. The molecule has 1 rings (SSSR count). The number of aromatic amines is 1. The van der Waals surface area contributed by atoms with Crippen LogP contribution in [0, 0.1) is 18.4 Å². The molecule has 1 aromatic heterocycles. The van der Waals surface area contributed by atoms with Gasteiger partial charge in [0.1, 0.15) is 0 Å². The lowest BCUT2D eigenvalue weighted by Crippen LogP contribution is -1.70. The monoisotopic (exact) mass is 191 g/mol. The van der Waals surface area contributed by atoms with Gasteiger partial charge in [-0.05, 0) is 43.2 Å². The number of H-pyrrole nitrogens is 1. The molecule has 0 aromatic carbocycles. The fourth-order valence-corrected chi connectivity index (χ4v) is 1.20. The molecular weight excluding hydrogens is 178 g/mol. The Hall–Kier alpha value is -1.15. The molecule has 68 valence electrons. The Bertz CT molecular complexity index is 392. The smallest absolute Gasteiger partial charge is 0.0379 e. The minimum Gasteiger partial charge on any atom is -0.367 e. The Balaban J connectivity index is 3.40. The Morgan fingerprint density at radius 2 is 1.85 bits per heavy atom. The van der Waals surface area contributed by atoms with Crippen molar-refractivity contribution in [2.45, 2.75) is 13.8 Å². The highest BCUT2D eigenvalue weighted by Gasteiger charge is 1.77. The number of hydrogen-bond donors (Lipinski definition) is 1. The molecule has 13 heavy (non-hydrogen) atoms. The molecule has 1 aromatic rings. The molecular formula is C11H13NS. The van der Waals surface area contributed by atoms with Crippen molar-refractivity contribution in [2.75, 3.05) is 0 Å². The summed E-state index contributed by atoms with van der Waals surface area (Å²) in [4.78, 5) is 3.07. The van der Waals surface area contributed by atoms with Crippen molar-refractivity contribution in [3.05, 3.63) is 52.3 Å². The standard InChI is InChI=1S/C11H13NS/c1-9-5-6-12-8-10(2)3-4-11(13)7-9/h3-8,12H,1-2H3. The summed E-state index contributed by atoms with van der Waals surface area (Å²) in [6, 6.07) is 7.90. The van der Waals surface area contributed by atoms with Gasteiger partial charge in [0, 0.05) is 16.9 Å². The Labute approximate surface area is 83.8 Å². The van der Waals surface area contributed by atoms with Crippen LogP contribution in [0.5, 0.6) is 0 Å². The van der Waals surface area contributed by atoms with E-state index in [-0.39, 0.29) is 0 Å². The number of hydrogen-bond acceptors (Lipinski definition) is 1. The van der Waals surface area contributed by atoms with Gasteiger partial charge in [-0.15, -0.1) is 0 Å². The maximum absolute atomic E-state index is 5.14. The summed E-state index contributed by atoms with van der Waals surface area (Å²) < 4.78 is 0.858. The van der Waals surface area contributed by atoms with Crippen LogP contribution in [0.2, 0.25) is 0 Å². The molecule has 0 aliphatic heterocycles. The lowest BCUT2D eigenvalue weighted by Gasteiger charge is -1.86. The fraction of sp³-hybridized carbons (Fsp3) is 0.182. The second-order valence-corrected chi connectivity index (χ2v) is 3.48. The van der Waals surface area contributed by atoms with E-state index in [4.69, 9.17) is 12.2 Å². The fourth-order valence-electron chi connectivity index (χ4n) is 0.941. The van der Waals surface area contributed by atoms with Crippen molar-refractivity contribution in [1.82, 2.24) is 4.98 Å². The van der Waals surface area contributed by atoms with Gasteiger partial charge in [0.15, 0.2) is 0 Å². The number of aromatic nitrogens is 1.